The SMILES string of the molecule is O=C(/C=C/c1ccccc1Cl)N[C@@]12CCC(=O)[C@@H]3Oc4c(O)ccc5c4[C@@]31CCN(CC1CC1)[C@@H]2C5. The zero-order chi connectivity index (χ0) is 24.7. The number of hydrogen-bond acceptors (Lipinski definition) is 5. The lowest BCUT2D eigenvalue weighted by Gasteiger charge is -2.65. The van der Waals surface area contributed by atoms with Crippen molar-refractivity contribution in [2.75, 3.05) is 13.1 Å². The molecule has 3 aliphatic carbocycles. The van der Waals surface area contributed by atoms with E-state index in [2.05, 4.69) is 10.2 Å². The maximum atomic E-state index is 13.6. The van der Waals surface area contributed by atoms with E-state index in [1.165, 1.54) is 12.8 Å². The van der Waals surface area contributed by atoms with Crippen molar-refractivity contribution in [3.8, 4) is 11.5 Å². The number of phenols is 1. The van der Waals surface area contributed by atoms with Crippen molar-refractivity contribution in [2.45, 2.75) is 61.6 Å². The lowest BCUT2D eigenvalue weighted by Crippen LogP contribution is -2.81. The number of rotatable bonds is 5. The third-order valence-electron chi connectivity index (χ3n) is 9.28. The smallest absolute Gasteiger partial charge is 0.244 e. The van der Waals surface area contributed by atoms with Crippen molar-refractivity contribution in [3.05, 3.63) is 64.2 Å². The van der Waals surface area contributed by atoms with Crippen LogP contribution in [0.1, 0.15) is 48.8 Å². The first kappa shape index (κ1) is 22.4. The van der Waals surface area contributed by atoms with Gasteiger partial charge >= 0.3 is 0 Å². The summed E-state index contributed by atoms with van der Waals surface area (Å²) in [5, 5.41) is 14.8. The van der Waals surface area contributed by atoms with Gasteiger partial charge in [0.15, 0.2) is 23.4 Å². The molecule has 2 aromatic carbocycles. The van der Waals surface area contributed by atoms with Crippen molar-refractivity contribution in [1.82, 2.24) is 10.2 Å². The Kier molecular flexibility index (Phi) is 4.87. The topological polar surface area (TPSA) is 78.9 Å². The summed E-state index contributed by atoms with van der Waals surface area (Å²) in [4.78, 5) is 29.4. The summed E-state index contributed by atoms with van der Waals surface area (Å²) in [6.07, 6.45) is 7.51. The second kappa shape index (κ2) is 7.83. The van der Waals surface area contributed by atoms with E-state index < -0.39 is 17.1 Å². The number of Topliss-reactive ketones (excluding diaryl/α,β-unsaturated/α-hetero) is 1. The standard InChI is InChI=1S/C29H29ClN2O4/c30-20-4-2-1-3-18(20)8-10-24(35)31-29-12-11-22(34)27-28(29)13-14-32(16-17-5-6-17)23(29)15-19-7-9-21(33)26(36-27)25(19)28/h1-4,7-10,17,23,27,33H,5-6,11-16H2,(H,31,35)/b10-8+/t23-,27+,28+,29-/m1/s1. The maximum Gasteiger partial charge on any atom is 0.244 e. The van der Waals surface area contributed by atoms with Gasteiger partial charge in [-0.3, -0.25) is 14.5 Å². The molecular weight excluding hydrogens is 476 g/mol. The summed E-state index contributed by atoms with van der Waals surface area (Å²) in [5.41, 5.74) is 1.51. The Morgan fingerprint density at radius 3 is 2.86 bits per heavy atom. The van der Waals surface area contributed by atoms with Crippen LogP contribution in [0.2, 0.25) is 5.02 Å². The number of nitrogens with one attached hydrogen (secondary N) is 1. The molecule has 2 aliphatic heterocycles. The second-order valence-electron chi connectivity index (χ2n) is 11.1. The number of phenolic OH excluding ortho intramolecular Hbond substituents is 1. The quantitative estimate of drug-likeness (QED) is 0.601. The maximum absolute atomic E-state index is 13.6. The Hall–Kier alpha value is -2.83. The van der Waals surface area contributed by atoms with Crippen molar-refractivity contribution < 1.29 is 19.4 Å². The minimum Gasteiger partial charge on any atom is -0.504 e. The molecule has 36 heavy (non-hydrogen) atoms. The van der Waals surface area contributed by atoms with Gasteiger partial charge < -0.3 is 15.2 Å². The lowest BCUT2D eigenvalue weighted by molar-refractivity contribution is -0.148. The van der Waals surface area contributed by atoms with Crippen molar-refractivity contribution in [1.29, 1.82) is 0 Å². The number of likely N-dealkylation sites (tertiary alicyclic amines) is 1. The van der Waals surface area contributed by atoms with Crippen LogP contribution < -0.4 is 10.1 Å². The van der Waals surface area contributed by atoms with Gasteiger partial charge in [-0.25, -0.2) is 0 Å². The van der Waals surface area contributed by atoms with Crippen LogP contribution in [0.5, 0.6) is 11.5 Å². The fraction of sp³-hybridized carbons (Fsp3) is 0.448. The molecule has 7 rings (SSSR count). The highest BCUT2D eigenvalue weighted by molar-refractivity contribution is 6.32. The molecule has 1 amide bonds. The van der Waals surface area contributed by atoms with Gasteiger partial charge in [-0.1, -0.05) is 35.9 Å². The van der Waals surface area contributed by atoms with E-state index >= 15 is 0 Å². The fourth-order valence-corrected chi connectivity index (χ4v) is 7.80. The molecule has 2 saturated carbocycles. The molecule has 2 heterocycles. The molecule has 5 aliphatic rings. The first-order chi connectivity index (χ1) is 17.4. The predicted octanol–water partition coefficient (Wildman–Crippen LogP) is 4.02. The summed E-state index contributed by atoms with van der Waals surface area (Å²) < 4.78 is 6.30. The Balaban J connectivity index is 1.34. The largest absolute Gasteiger partial charge is 0.504 e. The predicted molar refractivity (Wildman–Crippen MR) is 136 cm³/mol. The Bertz CT molecular complexity index is 1320. The summed E-state index contributed by atoms with van der Waals surface area (Å²) in [5.74, 6) is 1.08. The number of amides is 1. The fourth-order valence-electron chi connectivity index (χ4n) is 7.60. The average molecular weight is 505 g/mol. The third kappa shape index (κ3) is 3.00. The first-order valence-electron chi connectivity index (χ1n) is 13.0. The van der Waals surface area contributed by atoms with Crippen LogP contribution in [-0.4, -0.2) is 52.5 Å². The Morgan fingerprint density at radius 2 is 2.06 bits per heavy atom. The highest BCUT2D eigenvalue weighted by Crippen LogP contribution is 2.65. The van der Waals surface area contributed by atoms with Crippen LogP contribution in [0, 0.1) is 5.92 Å². The molecule has 3 fully saturated rings. The van der Waals surface area contributed by atoms with Gasteiger partial charge in [-0.2, -0.15) is 0 Å². The van der Waals surface area contributed by atoms with Gasteiger partial charge in [0.1, 0.15) is 0 Å². The van der Waals surface area contributed by atoms with Crippen molar-refractivity contribution in [2.24, 2.45) is 5.92 Å². The van der Waals surface area contributed by atoms with E-state index in [4.69, 9.17) is 16.3 Å². The lowest BCUT2D eigenvalue weighted by atomic mass is 9.47. The van der Waals surface area contributed by atoms with Gasteiger partial charge in [0, 0.05) is 35.7 Å². The molecule has 7 heteroatoms. The van der Waals surface area contributed by atoms with Crippen LogP contribution in [0.25, 0.3) is 6.08 Å². The van der Waals surface area contributed by atoms with Crippen LogP contribution in [0.15, 0.2) is 42.5 Å². The second-order valence-corrected chi connectivity index (χ2v) is 11.5. The molecule has 2 N–H and O–H groups in total. The highest BCUT2D eigenvalue weighted by atomic mass is 35.5. The molecule has 0 radical (unpaired) electrons. The van der Waals surface area contributed by atoms with Gasteiger partial charge in [0.25, 0.3) is 0 Å². The zero-order valence-electron chi connectivity index (χ0n) is 20.0. The third-order valence-corrected chi connectivity index (χ3v) is 9.62. The molecule has 1 saturated heterocycles. The highest BCUT2D eigenvalue weighted by Gasteiger charge is 2.73. The van der Waals surface area contributed by atoms with Gasteiger partial charge in [-0.05, 0) is 73.9 Å². The molecular formula is C29H29ClN2O4. The Morgan fingerprint density at radius 1 is 1.22 bits per heavy atom. The molecule has 2 aromatic rings. The van der Waals surface area contributed by atoms with Crippen LogP contribution in [0.3, 0.4) is 0 Å². The van der Waals surface area contributed by atoms with E-state index in [0.717, 1.165) is 36.2 Å². The summed E-state index contributed by atoms with van der Waals surface area (Å²) in [6, 6.07) is 11.2. The summed E-state index contributed by atoms with van der Waals surface area (Å²) >= 11 is 6.31. The van der Waals surface area contributed by atoms with E-state index in [-0.39, 0.29) is 23.5 Å². The number of aromatic hydroxyl groups is 1. The number of ketones is 1. The number of piperidine rings is 1. The number of carbonyl (C=O) groups excluding carboxylic acids is 2. The van der Waals surface area contributed by atoms with Crippen LogP contribution in [-0.2, 0) is 21.4 Å². The molecule has 2 bridgehead atoms. The van der Waals surface area contributed by atoms with E-state index in [0.29, 0.717) is 36.0 Å². The molecule has 186 valence electrons. The Labute approximate surface area is 215 Å². The summed E-state index contributed by atoms with van der Waals surface area (Å²) in [7, 11) is 0. The van der Waals surface area contributed by atoms with Crippen LogP contribution >= 0.6 is 11.6 Å². The number of benzene rings is 2. The van der Waals surface area contributed by atoms with Gasteiger partial charge in [-0.15, -0.1) is 0 Å². The molecule has 4 atom stereocenters. The number of halogens is 1. The number of nitrogens with zero attached hydrogens (tertiary/aromatic N) is 1. The normalized spacial score (nSPS) is 32.3. The minimum atomic E-state index is -0.688. The first-order valence-corrected chi connectivity index (χ1v) is 13.3. The van der Waals surface area contributed by atoms with Crippen molar-refractivity contribution in [3.63, 3.8) is 0 Å². The zero-order valence-corrected chi connectivity index (χ0v) is 20.8. The molecule has 0 aromatic heterocycles. The van der Waals surface area contributed by atoms with Gasteiger partial charge in [0.05, 0.1) is 11.0 Å². The van der Waals surface area contributed by atoms with E-state index in [1.807, 2.05) is 24.3 Å². The number of hydrogen-bond donors (Lipinski definition) is 2. The van der Waals surface area contributed by atoms with Crippen molar-refractivity contribution >= 4 is 29.4 Å². The summed E-state index contributed by atoms with van der Waals surface area (Å²) in [6.45, 7) is 1.88. The monoisotopic (exact) mass is 504 g/mol. The number of carbonyl (C=O) groups is 2. The molecule has 1 spiro atoms. The van der Waals surface area contributed by atoms with E-state index in [9.17, 15) is 14.7 Å². The van der Waals surface area contributed by atoms with Crippen LogP contribution in [0.4, 0.5) is 0 Å². The molecule has 0 unspecified atom stereocenters. The average Bonchev–Trinajstić information content (AvgIpc) is 3.60. The number of ether oxygens (including phenoxy) is 1. The van der Waals surface area contributed by atoms with E-state index in [1.54, 1.807) is 24.3 Å². The minimum absolute atomic E-state index is 0.0596. The molecule has 6 nitrogen and oxygen atoms in total. The van der Waals surface area contributed by atoms with Gasteiger partial charge in [0.2, 0.25) is 5.91 Å².